The molecule has 0 amide bonds. The molecular weight excluding hydrogens is 362 g/mol. The Bertz CT molecular complexity index is 488. The second-order valence-corrected chi connectivity index (χ2v) is 7.90. The van der Waals surface area contributed by atoms with Gasteiger partial charge in [-0.2, -0.15) is 0 Å². The first-order valence-electron chi connectivity index (χ1n) is 11.4. The summed E-state index contributed by atoms with van der Waals surface area (Å²) in [6.07, 6.45) is 2.37. The van der Waals surface area contributed by atoms with Crippen molar-refractivity contribution in [1.82, 2.24) is 25.8 Å². The van der Waals surface area contributed by atoms with Crippen LogP contribution in [-0.4, -0.2) is 88.3 Å². The molecule has 1 aliphatic heterocycles. The number of nitrogens with zero attached hydrogens (tertiary/aromatic N) is 2. The molecule has 166 valence electrons. The van der Waals surface area contributed by atoms with Crippen LogP contribution >= 0.6 is 0 Å². The highest BCUT2D eigenvalue weighted by Crippen LogP contribution is 2.10. The van der Waals surface area contributed by atoms with Gasteiger partial charge in [-0.25, -0.2) is 0 Å². The van der Waals surface area contributed by atoms with Crippen molar-refractivity contribution in [2.45, 2.75) is 25.9 Å². The van der Waals surface area contributed by atoms with Crippen LogP contribution in [0.3, 0.4) is 0 Å². The smallest absolute Gasteiger partial charge is 0.0234 e. The molecule has 1 saturated heterocycles. The third-order valence-electron chi connectivity index (χ3n) is 5.34. The molecule has 1 aromatic carbocycles. The molecule has 0 aromatic heterocycles. The average Bonchev–Trinajstić information content (AvgIpc) is 2.72. The summed E-state index contributed by atoms with van der Waals surface area (Å²) in [6.45, 7) is 13.7. The fourth-order valence-corrected chi connectivity index (χ4v) is 3.73. The number of rotatable bonds is 8. The van der Waals surface area contributed by atoms with E-state index in [-0.39, 0.29) is 0 Å². The van der Waals surface area contributed by atoms with Gasteiger partial charge in [-0.05, 0) is 50.1 Å². The van der Waals surface area contributed by atoms with Crippen LogP contribution in [0.1, 0.15) is 24.0 Å². The van der Waals surface area contributed by atoms with Crippen LogP contribution < -0.4 is 27.4 Å². The minimum Gasteiger partial charge on any atom is -0.329 e. The fourth-order valence-electron chi connectivity index (χ4n) is 3.73. The fraction of sp³-hybridized carbons (Fsp3) is 0.727. The normalized spacial score (nSPS) is 18.6. The molecule has 7 nitrogen and oxygen atoms in total. The topological polar surface area (TPSA) is 94.6 Å². The van der Waals surface area contributed by atoms with Crippen molar-refractivity contribution in [3.05, 3.63) is 35.4 Å². The molecule has 1 heterocycles. The minimum absolute atomic E-state index is 0.673. The van der Waals surface area contributed by atoms with Crippen LogP contribution in [0.2, 0.25) is 0 Å². The van der Waals surface area contributed by atoms with Crippen LogP contribution in [0, 0.1) is 0 Å². The average molecular weight is 406 g/mol. The summed E-state index contributed by atoms with van der Waals surface area (Å²) >= 11 is 0. The van der Waals surface area contributed by atoms with Crippen LogP contribution in [0.5, 0.6) is 0 Å². The molecule has 29 heavy (non-hydrogen) atoms. The zero-order valence-corrected chi connectivity index (χ0v) is 18.2. The van der Waals surface area contributed by atoms with E-state index in [0.717, 1.165) is 78.5 Å². The molecule has 7 N–H and O–H groups in total. The second kappa shape index (κ2) is 15.7. The van der Waals surface area contributed by atoms with E-state index < -0.39 is 0 Å². The van der Waals surface area contributed by atoms with Crippen molar-refractivity contribution in [1.29, 1.82) is 0 Å². The maximum atomic E-state index is 5.72. The molecule has 0 bridgehead atoms. The quantitative estimate of drug-likeness (QED) is 0.408. The number of benzene rings is 1. The van der Waals surface area contributed by atoms with E-state index in [1.54, 1.807) is 0 Å². The zero-order valence-electron chi connectivity index (χ0n) is 18.2. The van der Waals surface area contributed by atoms with E-state index in [9.17, 15) is 0 Å². The van der Waals surface area contributed by atoms with Gasteiger partial charge in [0.1, 0.15) is 0 Å². The van der Waals surface area contributed by atoms with E-state index in [4.69, 9.17) is 11.5 Å². The first-order valence-corrected chi connectivity index (χ1v) is 11.4. The van der Waals surface area contributed by atoms with Crippen molar-refractivity contribution < 1.29 is 0 Å². The molecule has 1 fully saturated rings. The van der Waals surface area contributed by atoms with Gasteiger partial charge in [0.2, 0.25) is 0 Å². The van der Waals surface area contributed by atoms with Crippen LogP contribution in [0.25, 0.3) is 0 Å². The van der Waals surface area contributed by atoms with Crippen molar-refractivity contribution in [3.63, 3.8) is 0 Å². The maximum Gasteiger partial charge on any atom is 0.0234 e. The van der Waals surface area contributed by atoms with Gasteiger partial charge in [0.05, 0.1) is 0 Å². The monoisotopic (exact) mass is 405 g/mol. The molecule has 0 unspecified atom stereocenters. The molecule has 7 heteroatoms. The highest BCUT2D eigenvalue weighted by Gasteiger charge is 2.08. The van der Waals surface area contributed by atoms with Crippen molar-refractivity contribution in [2.24, 2.45) is 11.5 Å². The number of nitrogens with one attached hydrogen (secondary N) is 3. The molecule has 0 atom stereocenters. The predicted octanol–water partition coefficient (Wildman–Crippen LogP) is -0.229. The molecular formula is C22H43N7. The van der Waals surface area contributed by atoms with E-state index in [1.165, 1.54) is 24.0 Å². The lowest BCUT2D eigenvalue weighted by molar-refractivity contribution is 0.259. The van der Waals surface area contributed by atoms with E-state index in [0.29, 0.717) is 13.1 Å². The number of nitrogens with two attached hydrogens (primary N) is 2. The van der Waals surface area contributed by atoms with E-state index in [1.807, 2.05) is 0 Å². The lowest BCUT2D eigenvalue weighted by atomic mass is 10.1. The number of hydrogen-bond donors (Lipinski definition) is 5. The Kier molecular flexibility index (Phi) is 13.1. The van der Waals surface area contributed by atoms with E-state index in [2.05, 4.69) is 50.0 Å². The standard InChI is InChI=1S/C22H43N7/c23-7-16-29(17-8-24)20-22-5-3-21(4-6-22)19-28-15-2-11-26-13-12-25-9-1-10-27-14-18-28/h3-6,25-27H,1-2,7-20,23-24H2. The van der Waals surface area contributed by atoms with Crippen LogP contribution in [0.15, 0.2) is 24.3 Å². The summed E-state index contributed by atoms with van der Waals surface area (Å²) in [4.78, 5) is 4.90. The zero-order chi connectivity index (χ0) is 20.6. The minimum atomic E-state index is 0.673. The molecule has 1 aromatic rings. The molecule has 0 aliphatic carbocycles. The predicted molar refractivity (Wildman–Crippen MR) is 123 cm³/mol. The first kappa shape index (κ1) is 24.2. The van der Waals surface area contributed by atoms with Gasteiger partial charge in [0, 0.05) is 65.4 Å². The maximum absolute atomic E-state index is 5.72. The Labute approximate surface area is 177 Å². The van der Waals surface area contributed by atoms with E-state index >= 15 is 0 Å². The Morgan fingerprint density at radius 1 is 0.724 bits per heavy atom. The summed E-state index contributed by atoms with van der Waals surface area (Å²) in [5.74, 6) is 0. The molecule has 2 rings (SSSR count). The van der Waals surface area contributed by atoms with Gasteiger partial charge in [-0.3, -0.25) is 9.80 Å². The van der Waals surface area contributed by atoms with Crippen molar-refractivity contribution >= 4 is 0 Å². The summed E-state index contributed by atoms with van der Waals surface area (Å²) < 4.78 is 0. The highest BCUT2D eigenvalue weighted by molar-refractivity contribution is 5.22. The first-order chi connectivity index (χ1) is 14.3. The third kappa shape index (κ3) is 11.1. The Hall–Kier alpha value is -1.06. The highest BCUT2D eigenvalue weighted by atomic mass is 15.1. The summed E-state index contributed by atoms with van der Waals surface area (Å²) in [7, 11) is 0. The van der Waals surface area contributed by atoms with Crippen molar-refractivity contribution in [2.75, 3.05) is 78.5 Å². The lowest BCUT2D eigenvalue weighted by Gasteiger charge is -2.24. The van der Waals surface area contributed by atoms with Gasteiger partial charge in [-0.15, -0.1) is 0 Å². The Morgan fingerprint density at radius 2 is 1.31 bits per heavy atom. The van der Waals surface area contributed by atoms with Gasteiger partial charge < -0.3 is 27.4 Å². The largest absolute Gasteiger partial charge is 0.329 e. The summed E-state index contributed by atoms with van der Waals surface area (Å²) in [6, 6.07) is 9.07. The van der Waals surface area contributed by atoms with Crippen molar-refractivity contribution in [3.8, 4) is 0 Å². The molecule has 0 radical (unpaired) electrons. The van der Waals surface area contributed by atoms with Crippen LogP contribution in [-0.2, 0) is 13.1 Å². The SMILES string of the molecule is NCCN(CCN)Cc1ccc(CN2CCCNCCNCCCNCC2)cc1. The summed E-state index contributed by atoms with van der Waals surface area (Å²) in [5.41, 5.74) is 14.2. The Morgan fingerprint density at radius 3 is 1.97 bits per heavy atom. The molecule has 0 saturated carbocycles. The third-order valence-corrected chi connectivity index (χ3v) is 5.34. The lowest BCUT2D eigenvalue weighted by Crippen LogP contribution is -2.36. The summed E-state index contributed by atoms with van der Waals surface area (Å²) in [5, 5.41) is 10.6. The van der Waals surface area contributed by atoms with Crippen LogP contribution in [0.4, 0.5) is 0 Å². The van der Waals surface area contributed by atoms with Gasteiger partial charge >= 0.3 is 0 Å². The van der Waals surface area contributed by atoms with Gasteiger partial charge in [-0.1, -0.05) is 24.3 Å². The number of hydrogen-bond acceptors (Lipinski definition) is 7. The Balaban J connectivity index is 1.84. The van der Waals surface area contributed by atoms with Gasteiger partial charge in [0.25, 0.3) is 0 Å². The molecule has 0 spiro atoms. The second-order valence-electron chi connectivity index (χ2n) is 7.90. The van der Waals surface area contributed by atoms with Gasteiger partial charge in [0.15, 0.2) is 0 Å². The molecule has 1 aliphatic rings.